The van der Waals surface area contributed by atoms with E-state index in [2.05, 4.69) is 0 Å². The standard InChI is InChI=1S/C16H18F3NO3/c1-10-13(15(22)23)7-9-20(10)14(21)12-4-2-11(3-5-12)6-8-16(17,18)19/h2-5,10,13H,6-9H2,1H3,(H,22,23). The predicted octanol–water partition coefficient (Wildman–Crippen LogP) is 3.12. The zero-order valence-corrected chi connectivity index (χ0v) is 12.6. The number of amides is 1. The molecular formula is C16H18F3NO3. The first-order chi connectivity index (χ1) is 10.7. The van der Waals surface area contributed by atoms with Crippen molar-refractivity contribution in [1.29, 1.82) is 0 Å². The van der Waals surface area contributed by atoms with Gasteiger partial charge in [-0.1, -0.05) is 12.1 Å². The van der Waals surface area contributed by atoms with Gasteiger partial charge in [0, 0.05) is 24.6 Å². The molecule has 2 rings (SSSR count). The number of aliphatic carboxylic acids is 1. The maximum Gasteiger partial charge on any atom is 0.389 e. The number of halogens is 3. The van der Waals surface area contributed by atoms with E-state index in [4.69, 9.17) is 5.11 Å². The van der Waals surface area contributed by atoms with Gasteiger partial charge in [-0.3, -0.25) is 9.59 Å². The SMILES string of the molecule is CC1C(C(=O)O)CCN1C(=O)c1ccc(CCC(F)(F)F)cc1. The van der Waals surface area contributed by atoms with Crippen LogP contribution in [0.2, 0.25) is 0 Å². The van der Waals surface area contributed by atoms with Gasteiger partial charge in [0.05, 0.1) is 5.92 Å². The van der Waals surface area contributed by atoms with Gasteiger partial charge in [0.2, 0.25) is 0 Å². The molecule has 1 aliphatic rings. The first kappa shape index (κ1) is 17.3. The van der Waals surface area contributed by atoms with Crippen LogP contribution < -0.4 is 0 Å². The molecule has 1 fully saturated rings. The molecule has 1 heterocycles. The zero-order chi connectivity index (χ0) is 17.2. The number of aryl methyl sites for hydroxylation is 1. The average molecular weight is 329 g/mol. The number of carbonyl (C=O) groups excluding carboxylic acids is 1. The third kappa shape index (κ3) is 4.24. The first-order valence-corrected chi connectivity index (χ1v) is 7.38. The molecule has 0 spiro atoms. The van der Waals surface area contributed by atoms with Gasteiger partial charge in [0.1, 0.15) is 0 Å². The molecule has 0 aromatic heterocycles. The smallest absolute Gasteiger partial charge is 0.389 e. The number of alkyl halides is 3. The highest BCUT2D eigenvalue weighted by molar-refractivity contribution is 5.95. The summed E-state index contributed by atoms with van der Waals surface area (Å²) in [6.07, 6.45) is -4.82. The lowest BCUT2D eigenvalue weighted by Crippen LogP contribution is -2.37. The summed E-state index contributed by atoms with van der Waals surface area (Å²) in [7, 11) is 0. The number of hydrogen-bond donors (Lipinski definition) is 1. The van der Waals surface area contributed by atoms with Gasteiger partial charge in [-0.05, 0) is 37.5 Å². The Labute approximate surface area is 131 Å². The average Bonchev–Trinajstić information content (AvgIpc) is 2.86. The number of carboxylic acid groups (broad SMARTS) is 1. The van der Waals surface area contributed by atoms with Gasteiger partial charge in [0.15, 0.2) is 0 Å². The molecule has 7 heteroatoms. The fourth-order valence-corrected chi connectivity index (χ4v) is 2.82. The van der Waals surface area contributed by atoms with Crippen LogP contribution in [0.4, 0.5) is 13.2 Å². The van der Waals surface area contributed by atoms with Crippen molar-refractivity contribution >= 4 is 11.9 Å². The van der Waals surface area contributed by atoms with E-state index in [9.17, 15) is 22.8 Å². The van der Waals surface area contributed by atoms with Crippen LogP contribution in [-0.2, 0) is 11.2 Å². The van der Waals surface area contributed by atoms with Crippen LogP contribution >= 0.6 is 0 Å². The Morgan fingerprint density at radius 2 is 1.87 bits per heavy atom. The lowest BCUT2D eigenvalue weighted by Gasteiger charge is -2.23. The molecule has 0 aliphatic carbocycles. The Hall–Kier alpha value is -2.05. The first-order valence-electron chi connectivity index (χ1n) is 7.38. The van der Waals surface area contributed by atoms with E-state index in [0.717, 1.165) is 0 Å². The molecular weight excluding hydrogens is 311 g/mol. The summed E-state index contributed by atoms with van der Waals surface area (Å²) in [5, 5.41) is 9.09. The van der Waals surface area contributed by atoms with E-state index in [1.54, 1.807) is 6.92 Å². The summed E-state index contributed by atoms with van der Waals surface area (Å²) in [6.45, 7) is 2.06. The summed E-state index contributed by atoms with van der Waals surface area (Å²) in [6, 6.07) is 5.61. The molecule has 126 valence electrons. The summed E-state index contributed by atoms with van der Waals surface area (Å²) in [4.78, 5) is 25.0. The molecule has 1 aromatic rings. The van der Waals surface area contributed by atoms with Crippen LogP contribution in [0.5, 0.6) is 0 Å². The lowest BCUT2D eigenvalue weighted by molar-refractivity contribution is -0.142. The second-order valence-electron chi connectivity index (χ2n) is 5.78. The topological polar surface area (TPSA) is 57.6 Å². The van der Waals surface area contributed by atoms with E-state index in [-0.39, 0.29) is 12.3 Å². The Bertz CT molecular complexity index is 583. The number of nitrogens with zero attached hydrogens (tertiary/aromatic N) is 1. The van der Waals surface area contributed by atoms with Gasteiger partial charge in [-0.25, -0.2) is 0 Å². The fraction of sp³-hybridized carbons (Fsp3) is 0.500. The third-order valence-corrected chi connectivity index (χ3v) is 4.23. The molecule has 1 saturated heterocycles. The van der Waals surface area contributed by atoms with Crippen LogP contribution in [0.15, 0.2) is 24.3 Å². The van der Waals surface area contributed by atoms with Gasteiger partial charge in [-0.15, -0.1) is 0 Å². The number of hydrogen-bond acceptors (Lipinski definition) is 2. The summed E-state index contributed by atoms with van der Waals surface area (Å²) in [5.41, 5.74) is 0.871. The van der Waals surface area contributed by atoms with E-state index in [1.165, 1.54) is 29.2 Å². The highest BCUT2D eigenvalue weighted by Crippen LogP contribution is 2.26. The van der Waals surface area contributed by atoms with Crippen molar-refractivity contribution in [2.24, 2.45) is 5.92 Å². The van der Waals surface area contributed by atoms with E-state index in [0.29, 0.717) is 24.1 Å². The molecule has 0 saturated carbocycles. The molecule has 1 N–H and O–H groups in total. The number of carboxylic acids is 1. The highest BCUT2D eigenvalue weighted by Gasteiger charge is 2.38. The second-order valence-corrected chi connectivity index (χ2v) is 5.78. The molecule has 23 heavy (non-hydrogen) atoms. The zero-order valence-electron chi connectivity index (χ0n) is 12.6. The van der Waals surface area contributed by atoms with Gasteiger partial charge < -0.3 is 10.0 Å². The van der Waals surface area contributed by atoms with Gasteiger partial charge in [0.25, 0.3) is 5.91 Å². The van der Waals surface area contributed by atoms with E-state index < -0.39 is 30.5 Å². The number of carbonyl (C=O) groups is 2. The Morgan fingerprint density at radius 3 is 2.35 bits per heavy atom. The molecule has 1 aromatic carbocycles. The van der Waals surface area contributed by atoms with Crippen LogP contribution in [-0.4, -0.2) is 40.6 Å². The molecule has 0 bridgehead atoms. The lowest BCUT2D eigenvalue weighted by atomic mass is 10.0. The molecule has 2 unspecified atom stereocenters. The van der Waals surface area contributed by atoms with E-state index >= 15 is 0 Å². The maximum atomic E-state index is 12.4. The quantitative estimate of drug-likeness (QED) is 0.923. The minimum atomic E-state index is -4.20. The molecule has 1 aliphatic heterocycles. The van der Waals surface area contributed by atoms with Crippen molar-refractivity contribution < 1.29 is 27.9 Å². The fourth-order valence-electron chi connectivity index (χ4n) is 2.82. The van der Waals surface area contributed by atoms with Crippen molar-refractivity contribution in [3.8, 4) is 0 Å². The molecule has 2 atom stereocenters. The minimum absolute atomic E-state index is 0.126. The molecule has 0 radical (unpaired) electrons. The summed E-state index contributed by atoms with van der Waals surface area (Å²) >= 11 is 0. The number of benzene rings is 1. The van der Waals surface area contributed by atoms with Crippen LogP contribution in [0, 0.1) is 5.92 Å². The monoisotopic (exact) mass is 329 g/mol. The second kappa shape index (κ2) is 6.60. The Balaban J connectivity index is 2.02. The van der Waals surface area contributed by atoms with E-state index in [1.807, 2.05) is 0 Å². The highest BCUT2D eigenvalue weighted by atomic mass is 19.4. The van der Waals surface area contributed by atoms with Crippen LogP contribution in [0.3, 0.4) is 0 Å². The summed E-state index contributed by atoms with van der Waals surface area (Å²) < 4.78 is 36.6. The van der Waals surface area contributed by atoms with Gasteiger partial charge in [-0.2, -0.15) is 13.2 Å². The van der Waals surface area contributed by atoms with Crippen molar-refractivity contribution in [3.05, 3.63) is 35.4 Å². The molecule has 4 nitrogen and oxygen atoms in total. The van der Waals surface area contributed by atoms with Crippen molar-refractivity contribution in [1.82, 2.24) is 4.90 Å². The van der Waals surface area contributed by atoms with Crippen molar-refractivity contribution in [2.75, 3.05) is 6.54 Å². The summed E-state index contributed by atoms with van der Waals surface area (Å²) in [5.74, 6) is -1.79. The Kier molecular flexibility index (Phi) is 4.97. The maximum absolute atomic E-state index is 12.4. The van der Waals surface area contributed by atoms with Gasteiger partial charge >= 0.3 is 12.1 Å². The number of likely N-dealkylation sites (tertiary alicyclic amines) is 1. The third-order valence-electron chi connectivity index (χ3n) is 4.23. The number of rotatable bonds is 4. The normalized spacial score (nSPS) is 21.5. The van der Waals surface area contributed by atoms with Crippen molar-refractivity contribution in [2.45, 2.75) is 38.4 Å². The van der Waals surface area contributed by atoms with Crippen LogP contribution in [0.25, 0.3) is 0 Å². The van der Waals surface area contributed by atoms with Crippen LogP contribution in [0.1, 0.15) is 35.7 Å². The minimum Gasteiger partial charge on any atom is -0.481 e. The van der Waals surface area contributed by atoms with Crippen molar-refractivity contribution in [3.63, 3.8) is 0 Å². The largest absolute Gasteiger partial charge is 0.481 e. The molecule has 1 amide bonds. The Morgan fingerprint density at radius 1 is 1.26 bits per heavy atom. The predicted molar refractivity (Wildman–Crippen MR) is 77.1 cm³/mol.